The first kappa shape index (κ1) is 11.9. The molecule has 0 amide bonds. The summed E-state index contributed by atoms with van der Waals surface area (Å²) in [6.07, 6.45) is 1.33. The first-order chi connectivity index (χ1) is 8.66. The summed E-state index contributed by atoms with van der Waals surface area (Å²) in [6.45, 7) is 0. The summed E-state index contributed by atoms with van der Waals surface area (Å²) in [5.74, 6) is 0.174. The van der Waals surface area contributed by atoms with Crippen molar-refractivity contribution >= 4 is 29.5 Å². The lowest BCUT2D eigenvalue weighted by Crippen LogP contribution is -1.95. The molecule has 0 saturated heterocycles. The molecule has 9 nitrogen and oxygen atoms in total. The van der Waals surface area contributed by atoms with Gasteiger partial charge in [-0.15, -0.1) is 5.10 Å². The predicted molar refractivity (Wildman–Crippen MR) is 63.5 cm³/mol. The summed E-state index contributed by atoms with van der Waals surface area (Å²) in [4.78, 5) is 10.1. The molecule has 2 rings (SSSR count). The van der Waals surface area contributed by atoms with Gasteiger partial charge in [0.05, 0.1) is 11.1 Å². The van der Waals surface area contributed by atoms with E-state index in [9.17, 15) is 10.1 Å². The maximum absolute atomic E-state index is 10.6. The third kappa shape index (κ3) is 2.77. The Hall–Kier alpha value is -2.55. The van der Waals surface area contributed by atoms with Gasteiger partial charge in [-0.05, 0) is 11.3 Å². The van der Waals surface area contributed by atoms with Gasteiger partial charge < -0.3 is 0 Å². The maximum atomic E-state index is 10.6. The Bertz CT molecular complexity index is 583. The van der Waals surface area contributed by atoms with Crippen LogP contribution in [0.3, 0.4) is 0 Å². The second-order valence-electron chi connectivity index (χ2n) is 3.07. The standard InChI is InChI=1S/C8H6ClN7O2/c9-7-2-1-6(16(17)18)3-5(7)4-10-11-8-12-14-15-13-8/h1-4H,(H2,11,12,13,14,15)/b10-4+. The molecule has 0 spiro atoms. The molecule has 92 valence electrons. The summed E-state index contributed by atoms with van der Waals surface area (Å²) in [5, 5.41) is 27.5. The quantitative estimate of drug-likeness (QED) is 0.488. The van der Waals surface area contributed by atoms with Crippen LogP contribution in [0.15, 0.2) is 23.3 Å². The fourth-order valence-electron chi connectivity index (χ4n) is 1.11. The maximum Gasteiger partial charge on any atom is 0.283 e. The largest absolute Gasteiger partial charge is 0.283 e. The molecular formula is C8H6ClN7O2. The normalized spacial score (nSPS) is 10.7. The fraction of sp³-hybridized carbons (Fsp3) is 0. The van der Waals surface area contributed by atoms with E-state index in [0.717, 1.165) is 0 Å². The van der Waals surface area contributed by atoms with Gasteiger partial charge in [-0.3, -0.25) is 10.1 Å². The van der Waals surface area contributed by atoms with E-state index in [1.807, 2.05) is 0 Å². The molecule has 1 aromatic carbocycles. The molecule has 0 fully saturated rings. The summed E-state index contributed by atoms with van der Waals surface area (Å²) < 4.78 is 0. The topological polar surface area (TPSA) is 122 Å². The van der Waals surface area contributed by atoms with Crippen molar-refractivity contribution in [1.82, 2.24) is 20.6 Å². The van der Waals surface area contributed by atoms with Crippen LogP contribution in [0.5, 0.6) is 0 Å². The number of aromatic nitrogens is 4. The van der Waals surface area contributed by atoms with Crippen LogP contribution in [-0.4, -0.2) is 31.8 Å². The third-order valence-electron chi connectivity index (χ3n) is 1.90. The number of anilines is 1. The average molecular weight is 268 g/mol. The van der Waals surface area contributed by atoms with E-state index < -0.39 is 4.92 Å². The second kappa shape index (κ2) is 5.19. The molecule has 18 heavy (non-hydrogen) atoms. The van der Waals surface area contributed by atoms with Crippen molar-refractivity contribution in [3.63, 3.8) is 0 Å². The van der Waals surface area contributed by atoms with Gasteiger partial charge in [0.1, 0.15) is 0 Å². The van der Waals surface area contributed by atoms with Crippen molar-refractivity contribution in [1.29, 1.82) is 0 Å². The van der Waals surface area contributed by atoms with Crippen molar-refractivity contribution in [3.8, 4) is 0 Å². The third-order valence-corrected chi connectivity index (χ3v) is 2.25. The summed E-state index contributed by atoms with van der Waals surface area (Å²) in [7, 11) is 0. The lowest BCUT2D eigenvalue weighted by molar-refractivity contribution is -0.384. The first-order valence-electron chi connectivity index (χ1n) is 4.63. The highest BCUT2D eigenvalue weighted by molar-refractivity contribution is 6.33. The molecule has 0 aliphatic rings. The molecule has 0 unspecified atom stereocenters. The van der Waals surface area contributed by atoms with E-state index in [-0.39, 0.29) is 11.6 Å². The van der Waals surface area contributed by atoms with Crippen molar-refractivity contribution in [2.45, 2.75) is 0 Å². The van der Waals surface area contributed by atoms with Crippen LogP contribution in [0.1, 0.15) is 5.56 Å². The summed E-state index contributed by atoms with van der Waals surface area (Å²) in [5.41, 5.74) is 2.81. The van der Waals surface area contributed by atoms with Gasteiger partial charge in [-0.25, -0.2) is 5.43 Å². The number of benzene rings is 1. The van der Waals surface area contributed by atoms with Crippen LogP contribution < -0.4 is 5.43 Å². The van der Waals surface area contributed by atoms with E-state index in [4.69, 9.17) is 11.6 Å². The smallest absolute Gasteiger partial charge is 0.258 e. The average Bonchev–Trinajstić information content (AvgIpc) is 2.84. The lowest BCUT2D eigenvalue weighted by atomic mass is 10.2. The zero-order valence-corrected chi connectivity index (χ0v) is 9.50. The highest BCUT2D eigenvalue weighted by atomic mass is 35.5. The van der Waals surface area contributed by atoms with Crippen LogP contribution in [0.2, 0.25) is 5.02 Å². The van der Waals surface area contributed by atoms with Gasteiger partial charge in [0, 0.05) is 22.7 Å². The SMILES string of the molecule is O=[N+]([O-])c1ccc(Cl)c(/C=N/Nc2nn[nH]n2)c1. The van der Waals surface area contributed by atoms with Gasteiger partial charge in [0.15, 0.2) is 0 Å². The predicted octanol–water partition coefficient (Wildman–Crippen LogP) is 1.21. The molecule has 0 aliphatic carbocycles. The molecule has 0 bridgehead atoms. The minimum Gasteiger partial charge on any atom is -0.258 e. The number of non-ortho nitro benzene ring substituents is 1. The Balaban J connectivity index is 2.15. The van der Waals surface area contributed by atoms with Crippen molar-refractivity contribution in [2.24, 2.45) is 5.10 Å². The fourth-order valence-corrected chi connectivity index (χ4v) is 1.28. The number of hydrogen-bond acceptors (Lipinski definition) is 7. The van der Waals surface area contributed by atoms with Crippen LogP contribution >= 0.6 is 11.6 Å². The van der Waals surface area contributed by atoms with E-state index in [1.54, 1.807) is 0 Å². The number of aromatic amines is 1. The Morgan fingerprint density at radius 1 is 1.56 bits per heavy atom. The van der Waals surface area contributed by atoms with E-state index in [0.29, 0.717) is 10.6 Å². The van der Waals surface area contributed by atoms with E-state index >= 15 is 0 Å². The number of nitro groups is 1. The zero-order valence-electron chi connectivity index (χ0n) is 8.74. The minimum atomic E-state index is -0.514. The molecule has 0 aliphatic heterocycles. The van der Waals surface area contributed by atoms with Crippen molar-refractivity contribution in [2.75, 3.05) is 5.43 Å². The molecule has 10 heteroatoms. The molecule has 2 N–H and O–H groups in total. The molecule has 0 radical (unpaired) electrons. The van der Waals surface area contributed by atoms with Gasteiger partial charge >= 0.3 is 0 Å². The molecule has 0 saturated carbocycles. The van der Waals surface area contributed by atoms with Gasteiger partial charge in [-0.1, -0.05) is 16.7 Å². The number of halogens is 1. The van der Waals surface area contributed by atoms with Crippen LogP contribution in [0, 0.1) is 10.1 Å². The van der Waals surface area contributed by atoms with Crippen molar-refractivity contribution in [3.05, 3.63) is 38.9 Å². The highest BCUT2D eigenvalue weighted by Gasteiger charge is 2.08. The van der Waals surface area contributed by atoms with Gasteiger partial charge in [0.2, 0.25) is 0 Å². The Kier molecular flexibility index (Phi) is 3.44. The van der Waals surface area contributed by atoms with Crippen molar-refractivity contribution < 1.29 is 4.92 Å². The molecule has 1 aromatic heterocycles. The summed E-state index contributed by atoms with van der Waals surface area (Å²) >= 11 is 5.87. The second-order valence-corrected chi connectivity index (χ2v) is 3.48. The first-order valence-corrected chi connectivity index (χ1v) is 5.01. The molecule has 2 aromatic rings. The van der Waals surface area contributed by atoms with E-state index in [1.165, 1.54) is 24.4 Å². The molecule has 1 heterocycles. The monoisotopic (exact) mass is 267 g/mol. The minimum absolute atomic E-state index is 0.0691. The summed E-state index contributed by atoms with van der Waals surface area (Å²) in [6, 6.07) is 4.05. The Morgan fingerprint density at radius 2 is 2.39 bits per heavy atom. The van der Waals surface area contributed by atoms with Gasteiger partial charge in [0.25, 0.3) is 11.6 Å². The number of hydrazone groups is 1. The molecule has 0 atom stereocenters. The number of hydrogen-bond donors (Lipinski definition) is 2. The zero-order chi connectivity index (χ0) is 13.0. The van der Waals surface area contributed by atoms with E-state index in [2.05, 4.69) is 31.2 Å². The van der Waals surface area contributed by atoms with Crippen LogP contribution in [0.25, 0.3) is 0 Å². The number of H-pyrrole nitrogens is 1. The number of rotatable bonds is 4. The molecular weight excluding hydrogens is 262 g/mol. The highest BCUT2D eigenvalue weighted by Crippen LogP contribution is 2.20. The van der Waals surface area contributed by atoms with Crippen LogP contribution in [-0.2, 0) is 0 Å². The lowest BCUT2D eigenvalue weighted by Gasteiger charge is -1.97. The number of nitrogens with zero attached hydrogens (tertiary/aromatic N) is 5. The Morgan fingerprint density at radius 3 is 3.06 bits per heavy atom. The Labute approximate surface area is 105 Å². The number of nitro benzene ring substituents is 1. The van der Waals surface area contributed by atoms with Gasteiger partial charge in [-0.2, -0.15) is 10.3 Å². The number of tetrazole rings is 1. The number of nitrogens with one attached hydrogen (secondary N) is 2. The van der Waals surface area contributed by atoms with Crippen LogP contribution in [0.4, 0.5) is 11.6 Å².